The van der Waals surface area contributed by atoms with Crippen molar-refractivity contribution in [1.29, 1.82) is 0 Å². The number of benzene rings is 4. The third-order valence-electron chi connectivity index (χ3n) is 13.3. The van der Waals surface area contributed by atoms with E-state index in [1.807, 2.05) is 59.8 Å². The van der Waals surface area contributed by atoms with Gasteiger partial charge in [-0.2, -0.15) is 64.8 Å². The molecule has 4 N–H and O–H groups in total. The molecular weight excluding hydrogens is 1470 g/mol. The van der Waals surface area contributed by atoms with Crippen molar-refractivity contribution in [2.75, 3.05) is 40.8 Å². The second-order valence-electron chi connectivity index (χ2n) is 23.1. The van der Waals surface area contributed by atoms with Gasteiger partial charge < -0.3 is 29.2 Å². The zero-order valence-electron chi connectivity index (χ0n) is 53.0. The van der Waals surface area contributed by atoms with Gasteiger partial charge >= 0.3 is 58.9 Å². The Morgan fingerprint density at radius 2 is 1.04 bits per heavy atom. The van der Waals surface area contributed by atoms with Crippen molar-refractivity contribution in [3.8, 4) is 0 Å². The smallest absolute Gasteiger partial charge is 0.444 e. The molecule has 4 aliphatic rings. The largest absolute Gasteiger partial charge is 0.534 e. The summed E-state index contributed by atoms with van der Waals surface area (Å²) in [6.45, 7) is 13.8. The van der Waals surface area contributed by atoms with Crippen LogP contribution in [0.5, 0.6) is 0 Å². The van der Waals surface area contributed by atoms with Crippen molar-refractivity contribution >= 4 is 82.1 Å². The van der Waals surface area contributed by atoms with E-state index in [1.54, 1.807) is 21.9 Å². The second kappa shape index (κ2) is 36.8. The minimum atomic E-state index is -6.81. The number of hydrogen-bond donors (Lipinski definition) is 3. The Morgan fingerprint density at radius 1 is 0.588 bits per heavy atom. The minimum absolute atomic E-state index is 0. The number of carbonyl (C=O) groups excluding carboxylic acids is 3. The number of allylic oxidation sites excluding steroid dienone is 2. The van der Waals surface area contributed by atoms with E-state index in [-0.39, 0.29) is 68.5 Å². The van der Waals surface area contributed by atoms with E-state index in [9.17, 15) is 99.4 Å². The molecule has 2 aliphatic carbocycles. The van der Waals surface area contributed by atoms with Gasteiger partial charge in [0.05, 0.1) is 21.2 Å². The van der Waals surface area contributed by atoms with Crippen LogP contribution in [0.2, 0.25) is 0 Å². The quantitative estimate of drug-likeness (QED) is 0.0252. The van der Waals surface area contributed by atoms with Crippen LogP contribution in [0.4, 0.5) is 77.5 Å². The van der Waals surface area contributed by atoms with Crippen LogP contribution in [0.25, 0.3) is 5.57 Å². The Hall–Kier alpha value is -7.63. The van der Waals surface area contributed by atoms with Crippen LogP contribution < -0.4 is 14.7 Å². The molecular formula is C59H76F9N7O18PdS3. The molecule has 0 spiro atoms. The van der Waals surface area contributed by atoms with Crippen LogP contribution in [0.15, 0.2) is 121 Å². The van der Waals surface area contributed by atoms with Gasteiger partial charge in [-0.1, -0.05) is 42.8 Å². The van der Waals surface area contributed by atoms with Crippen LogP contribution in [-0.4, -0.2) is 127 Å². The zero-order valence-corrected chi connectivity index (χ0v) is 57.0. The monoisotopic (exact) mass is 1540 g/mol. The van der Waals surface area contributed by atoms with E-state index in [2.05, 4.69) is 16.3 Å². The maximum atomic E-state index is 12.4. The van der Waals surface area contributed by atoms with E-state index in [1.165, 1.54) is 54.5 Å². The average Bonchev–Trinajstić information content (AvgIpc) is 0.742. The summed E-state index contributed by atoms with van der Waals surface area (Å²) >= 11 is 0. The molecule has 2 amide bonds. The molecule has 4 aromatic rings. The Labute approximate surface area is 569 Å². The van der Waals surface area contributed by atoms with Crippen molar-refractivity contribution < 1.29 is 135 Å². The fraction of sp³-hybridized carbons (Fsp3) is 0.475. The molecule has 0 radical (unpaired) electrons. The molecule has 4 aromatic carbocycles. The molecule has 0 unspecified atom stereocenters. The number of hydrogen-bond acceptors (Lipinski definition) is 20. The molecule has 1 saturated heterocycles. The Kier molecular flexibility index (Phi) is 32.4. The zero-order chi connectivity index (χ0) is 72.8. The predicted molar refractivity (Wildman–Crippen MR) is 335 cm³/mol. The van der Waals surface area contributed by atoms with Crippen molar-refractivity contribution in [1.82, 2.24) is 9.80 Å². The summed E-state index contributed by atoms with van der Waals surface area (Å²) in [5.74, 6) is 0.870. The van der Waals surface area contributed by atoms with Gasteiger partial charge in [0.15, 0.2) is 0 Å². The first-order valence-electron chi connectivity index (χ1n) is 29.0. The van der Waals surface area contributed by atoms with Crippen LogP contribution in [0.3, 0.4) is 0 Å². The molecule has 8 rings (SSSR count). The van der Waals surface area contributed by atoms with E-state index in [0.29, 0.717) is 56.2 Å². The molecule has 97 heavy (non-hydrogen) atoms. The third-order valence-corrected chi connectivity index (χ3v) is 17.9. The number of anilines is 3. The summed E-state index contributed by atoms with van der Waals surface area (Å²) in [5, 5.41) is 37.6. The van der Waals surface area contributed by atoms with Gasteiger partial charge in [-0.15, -0.1) is 8.94 Å². The number of carbonyl (C=O) groups is 3. The standard InChI is InChI=1S/C16H20N2O4.C16H24N2O2.C8H5F6NO4S2.C7H9F3O3S.C6H6N2O4.C6H10O.Pd.H2/c1-16(2,3)22-15(19)17-10-8-13(9-11-17)12-4-6-14(7-5-12)18(20)21;1-16(2,3)20-15(19)18-10-8-13(9-11-18)12-4-6-14(17)7-5-12;9-7(10,11)20(16,17)15(6-4-2-1-3-5-6)21(18,19)8(12,13)14;8-7(9,10)14(11,12)13-6-4-2-1-3-5-6;9-7(10)5-1-2-6(4-3-5)8(11)12;7-6-4-2-1-3-5-6;;/h4-8H,9-11H2,1-3H3;4-7,13H,8-11,17H2,1-3H3;1-5H;4H,1-3,5H2;1-4,9-10H;1-5H2;;1H. The number of halogens is 9. The number of likely N-dealkylation sites (tertiary alicyclic amines) is 1. The van der Waals surface area contributed by atoms with Crippen molar-refractivity contribution in [3.05, 3.63) is 152 Å². The normalized spacial score (nSPS) is 15.5. The number of alkyl halides is 9. The molecule has 0 bridgehead atoms. The van der Waals surface area contributed by atoms with Gasteiger partial charge in [-0.25, -0.2) is 9.59 Å². The van der Waals surface area contributed by atoms with Crippen LogP contribution in [0.1, 0.15) is 137 Å². The van der Waals surface area contributed by atoms with Gasteiger partial charge in [0.2, 0.25) is 0 Å². The summed E-state index contributed by atoms with van der Waals surface area (Å²) in [4.78, 5) is 57.7. The Morgan fingerprint density at radius 3 is 1.41 bits per heavy atom. The molecule has 2 heterocycles. The molecule has 1 saturated carbocycles. The average molecular weight is 1540 g/mol. The molecule has 2 fully saturated rings. The topological polar surface area (TPSA) is 347 Å². The van der Waals surface area contributed by atoms with Gasteiger partial charge in [0, 0.05) is 97.2 Å². The van der Waals surface area contributed by atoms with Crippen LogP contribution >= 0.6 is 0 Å². The number of amides is 2. The number of piperidine rings is 1. The Balaban J connectivity index is 0.000000602. The molecule has 2 aliphatic heterocycles. The van der Waals surface area contributed by atoms with Crippen LogP contribution in [0, 0.1) is 20.2 Å². The maximum absolute atomic E-state index is 12.4. The first-order valence-corrected chi connectivity index (χ1v) is 33.3. The minimum Gasteiger partial charge on any atom is -0.444 e. The molecule has 546 valence electrons. The van der Waals surface area contributed by atoms with Gasteiger partial charge in [0.25, 0.3) is 11.4 Å². The molecule has 38 heteroatoms. The second-order valence-corrected chi connectivity index (χ2v) is 28.4. The number of nitrogen functional groups attached to an aromatic ring is 1. The van der Waals surface area contributed by atoms with E-state index < -0.39 is 77.1 Å². The summed E-state index contributed by atoms with van der Waals surface area (Å²) in [6.07, 6.45) is 13.0. The SMILES string of the molecule is CC(C)(C)OC(=O)N1CC=C(c2ccc([N+](=O)[O-])cc2)CC1.CC(C)(C)OC(=O)N1CCC(c2ccc(N)cc2)CC1.O=C1CCCCC1.O=S(=O)(N(c1ccccc1)S(=O)(=O)C(F)(F)F)C(F)(F)F.O=S(=O)(OC1=CCCCC1)C(F)(F)F.O=[N+]([O-])c1ccc(N(O)O)cc1.[HH].[Pd]. The predicted octanol–water partition coefficient (Wildman–Crippen LogP) is 14.4. The number of para-hydroxylation sites is 1. The number of nitro benzene ring substituents is 2. The number of sulfonamides is 2. The maximum Gasteiger partial charge on any atom is 0.534 e. The van der Waals surface area contributed by atoms with Gasteiger partial charge in [-0.3, -0.25) is 35.4 Å². The summed E-state index contributed by atoms with van der Waals surface area (Å²) in [7, 11) is -19.1. The fourth-order valence-electron chi connectivity index (χ4n) is 8.58. The number of non-ortho nitro benzene ring substituents is 2. The van der Waals surface area contributed by atoms with E-state index in [4.69, 9.17) is 25.6 Å². The van der Waals surface area contributed by atoms with Crippen molar-refractivity contribution in [3.63, 3.8) is 0 Å². The van der Waals surface area contributed by atoms with E-state index in [0.717, 1.165) is 93.1 Å². The fourth-order valence-corrected chi connectivity index (χ4v) is 11.8. The van der Waals surface area contributed by atoms with Gasteiger partial charge in [-0.05, 0) is 170 Å². The number of Topliss-reactive ketones (excluding diaryl/α,β-unsaturated/α-hetero) is 1. The number of ketones is 1. The first kappa shape index (κ1) is 85.5. The van der Waals surface area contributed by atoms with E-state index >= 15 is 0 Å². The number of nitro groups is 2. The number of ether oxygens (including phenoxy) is 2. The van der Waals surface area contributed by atoms with Crippen molar-refractivity contribution in [2.24, 2.45) is 0 Å². The summed E-state index contributed by atoms with van der Waals surface area (Å²) in [6, 6.07) is 23.2. The summed E-state index contributed by atoms with van der Waals surface area (Å²) < 4.78 is 189. The number of rotatable bonds is 10. The molecule has 0 atom stereocenters. The van der Waals surface area contributed by atoms with Crippen LogP contribution in [-0.2, 0) is 69.0 Å². The molecule has 0 aromatic heterocycles. The Bertz CT molecular complexity index is 3600. The van der Waals surface area contributed by atoms with Crippen molar-refractivity contribution in [2.45, 2.75) is 152 Å². The van der Waals surface area contributed by atoms with Gasteiger partial charge in [0.1, 0.15) is 22.7 Å². The number of nitrogens with two attached hydrogens (primary N) is 1. The summed E-state index contributed by atoms with van der Waals surface area (Å²) in [5.41, 5.74) is -10.1. The third kappa shape index (κ3) is 28.4. The molecule has 25 nitrogen and oxygen atoms in total. The first-order chi connectivity index (χ1) is 44.2. The number of nitrogens with zero attached hydrogens (tertiary/aromatic N) is 6.